The van der Waals surface area contributed by atoms with Crippen molar-refractivity contribution < 1.29 is 14.6 Å². The molecule has 0 fully saturated rings. The minimum Gasteiger partial charge on any atom is -0.492 e. The van der Waals surface area contributed by atoms with Gasteiger partial charge < -0.3 is 14.6 Å². The van der Waals surface area contributed by atoms with Crippen molar-refractivity contribution in [2.45, 2.75) is 52.0 Å². The summed E-state index contributed by atoms with van der Waals surface area (Å²) in [5, 5.41) is 8.95. The molecule has 0 bridgehead atoms. The van der Waals surface area contributed by atoms with Crippen LogP contribution in [0.4, 0.5) is 0 Å². The fraction of sp³-hybridized carbons (Fsp3) is 0.455. The molecule has 0 heterocycles. The van der Waals surface area contributed by atoms with Gasteiger partial charge in [-0.15, -0.1) is 11.6 Å². The van der Waals surface area contributed by atoms with Gasteiger partial charge in [0, 0.05) is 5.88 Å². The summed E-state index contributed by atoms with van der Waals surface area (Å²) < 4.78 is 13.1. The van der Waals surface area contributed by atoms with E-state index in [-0.39, 0.29) is 6.61 Å². The second-order valence-electron chi connectivity index (χ2n) is 6.23. The predicted octanol–water partition coefficient (Wildman–Crippen LogP) is 7.49. The molecule has 0 unspecified atom stereocenters. The van der Waals surface area contributed by atoms with E-state index in [2.05, 4.69) is 45.7 Å². The van der Waals surface area contributed by atoms with Crippen molar-refractivity contribution in [3.63, 3.8) is 0 Å². The zero-order valence-corrected chi connectivity index (χ0v) is 20.4. The molecule has 1 N–H and O–H groups in total. The van der Waals surface area contributed by atoms with Gasteiger partial charge in [0.1, 0.15) is 11.5 Å². The first kappa shape index (κ1) is 25.3. The van der Waals surface area contributed by atoms with E-state index in [1.165, 1.54) is 0 Å². The van der Waals surface area contributed by atoms with Gasteiger partial charge in [-0.3, -0.25) is 0 Å². The number of hydrogen-bond donors (Lipinski definition) is 1. The highest BCUT2D eigenvalue weighted by Crippen LogP contribution is 2.27. The molecular formula is C22H29Br2ClO3. The number of aliphatic hydroxyl groups excluding tert-OH is 1. The molecule has 0 saturated heterocycles. The third kappa shape index (κ3) is 9.64. The molecule has 6 heteroatoms. The third-order valence-corrected chi connectivity index (χ3v) is 5.46. The predicted molar refractivity (Wildman–Crippen MR) is 125 cm³/mol. The van der Waals surface area contributed by atoms with Crippen LogP contribution in [0.2, 0.25) is 0 Å². The maximum Gasteiger partial charge on any atom is 0.133 e. The minimum atomic E-state index is 0.0530. The number of alkyl halides is 1. The molecule has 2 aromatic carbocycles. The van der Waals surface area contributed by atoms with E-state index in [0.29, 0.717) is 5.88 Å². The first-order chi connectivity index (χ1) is 13.5. The Morgan fingerprint density at radius 3 is 1.71 bits per heavy atom. The monoisotopic (exact) mass is 534 g/mol. The second-order valence-corrected chi connectivity index (χ2v) is 8.20. The quantitative estimate of drug-likeness (QED) is 0.253. The van der Waals surface area contributed by atoms with Crippen molar-refractivity contribution in [2.24, 2.45) is 0 Å². The number of halogens is 3. The first-order valence-corrected chi connectivity index (χ1v) is 11.7. The summed E-state index contributed by atoms with van der Waals surface area (Å²) in [6.45, 7) is 5.82. The Balaban J connectivity index is 0.000000280. The first-order valence-electron chi connectivity index (χ1n) is 9.54. The van der Waals surface area contributed by atoms with Gasteiger partial charge in [0.2, 0.25) is 0 Å². The van der Waals surface area contributed by atoms with Gasteiger partial charge in [-0.2, -0.15) is 0 Å². The van der Waals surface area contributed by atoms with Gasteiger partial charge in [0.15, 0.2) is 0 Å². The van der Waals surface area contributed by atoms with Crippen LogP contribution in [-0.2, 0) is 12.5 Å². The Morgan fingerprint density at radius 1 is 0.821 bits per heavy atom. The summed E-state index contributed by atoms with van der Waals surface area (Å²) in [5.74, 6) is 2.22. The maximum absolute atomic E-state index is 8.95. The highest BCUT2D eigenvalue weighted by molar-refractivity contribution is 9.10. The highest BCUT2D eigenvalue weighted by Gasteiger charge is 2.03. The van der Waals surface area contributed by atoms with Crippen LogP contribution in [0.3, 0.4) is 0 Å². The fourth-order valence-corrected chi connectivity index (χ4v) is 3.04. The van der Waals surface area contributed by atoms with Crippen LogP contribution in [0.5, 0.6) is 11.5 Å². The van der Waals surface area contributed by atoms with Crippen LogP contribution < -0.4 is 9.47 Å². The van der Waals surface area contributed by atoms with Crippen molar-refractivity contribution in [3.8, 4) is 11.5 Å². The zero-order chi connectivity index (χ0) is 20.8. The van der Waals surface area contributed by atoms with Gasteiger partial charge >= 0.3 is 0 Å². The topological polar surface area (TPSA) is 38.7 Å². The summed E-state index contributed by atoms with van der Waals surface area (Å²) >= 11 is 12.6. The number of rotatable bonds is 10. The zero-order valence-electron chi connectivity index (χ0n) is 16.5. The van der Waals surface area contributed by atoms with E-state index in [1.807, 2.05) is 36.4 Å². The van der Waals surface area contributed by atoms with E-state index >= 15 is 0 Å². The Labute approximate surface area is 190 Å². The standard InChI is InChI=1S/C11H14BrClO.C11H15BrO2/c2*1-2-3-6-14-11-7-9(8-13)4-5-10(11)12/h4-5,7H,2-3,6,8H2,1H3;4-5,7,13H,2-3,6,8H2,1H3. The molecule has 0 atom stereocenters. The second kappa shape index (κ2) is 15.1. The Bertz CT molecular complexity index is 636. The molecule has 0 spiro atoms. The Kier molecular flexibility index (Phi) is 13.7. The molecule has 28 heavy (non-hydrogen) atoms. The van der Waals surface area contributed by atoms with E-state index in [1.54, 1.807) is 0 Å². The van der Waals surface area contributed by atoms with Crippen LogP contribution in [0.15, 0.2) is 45.3 Å². The highest BCUT2D eigenvalue weighted by atomic mass is 79.9. The lowest BCUT2D eigenvalue weighted by Crippen LogP contribution is -1.98. The molecular weight excluding hydrogens is 508 g/mol. The smallest absolute Gasteiger partial charge is 0.133 e. The molecule has 0 saturated carbocycles. The lowest BCUT2D eigenvalue weighted by molar-refractivity contribution is 0.278. The van der Waals surface area contributed by atoms with Crippen LogP contribution in [0.25, 0.3) is 0 Å². The van der Waals surface area contributed by atoms with Gasteiger partial charge in [0.25, 0.3) is 0 Å². The lowest BCUT2D eigenvalue weighted by Gasteiger charge is -2.08. The molecule has 0 amide bonds. The lowest BCUT2D eigenvalue weighted by atomic mass is 10.2. The summed E-state index contributed by atoms with van der Waals surface area (Å²) in [7, 11) is 0. The van der Waals surface area contributed by atoms with Crippen LogP contribution in [-0.4, -0.2) is 18.3 Å². The number of aliphatic hydroxyl groups is 1. The number of ether oxygens (including phenoxy) is 2. The number of benzene rings is 2. The van der Waals surface area contributed by atoms with Crippen LogP contribution >= 0.6 is 43.5 Å². The van der Waals surface area contributed by atoms with Crippen LogP contribution in [0, 0.1) is 0 Å². The summed E-state index contributed by atoms with van der Waals surface area (Å²) in [4.78, 5) is 0. The van der Waals surface area contributed by atoms with Gasteiger partial charge in [-0.1, -0.05) is 38.8 Å². The Hall–Kier alpha value is -0.750. The Morgan fingerprint density at radius 2 is 1.29 bits per heavy atom. The van der Waals surface area contributed by atoms with Crippen molar-refractivity contribution in [2.75, 3.05) is 13.2 Å². The summed E-state index contributed by atoms with van der Waals surface area (Å²) in [5.41, 5.74) is 1.96. The molecule has 3 nitrogen and oxygen atoms in total. The number of hydrogen-bond acceptors (Lipinski definition) is 3. The van der Waals surface area contributed by atoms with Gasteiger partial charge in [-0.05, 0) is 80.1 Å². The van der Waals surface area contributed by atoms with E-state index in [9.17, 15) is 0 Å². The fourth-order valence-electron chi connectivity index (χ4n) is 2.15. The van der Waals surface area contributed by atoms with Gasteiger partial charge in [0.05, 0.1) is 28.8 Å². The van der Waals surface area contributed by atoms with Gasteiger partial charge in [-0.25, -0.2) is 0 Å². The number of unbranched alkanes of at least 4 members (excludes halogenated alkanes) is 2. The van der Waals surface area contributed by atoms with E-state index in [0.717, 1.165) is 70.5 Å². The summed E-state index contributed by atoms with van der Waals surface area (Å²) in [6.07, 6.45) is 4.40. The molecule has 0 aliphatic carbocycles. The molecule has 0 radical (unpaired) electrons. The average Bonchev–Trinajstić information content (AvgIpc) is 2.71. The van der Waals surface area contributed by atoms with Crippen molar-refractivity contribution in [3.05, 3.63) is 56.5 Å². The summed E-state index contributed by atoms with van der Waals surface area (Å²) in [6, 6.07) is 11.6. The minimum absolute atomic E-state index is 0.0530. The molecule has 0 aliphatic heterocycles. The van der Waals surface area contributed by atoms with E-state index in [4.69, 9.17) is 26.2 Å². The molecule has 2 aromatic rings. The van der Waals surface area contributed by atoms with Crippen molar-refractivity contribution in [1.29, 1.82) is 0 Å². The van der Waals surface area contributed by atoms with E-state index < -0.39 is 0 Å². The third-order valence-electron chi connectivity index (χ3n) is 3.84. The molecule has 0 aromatic heterocycles. The van der Waals surface area contributed by atoms with Crippen molar-refractivity contribution >= 4 is 43.5 Å². The normalized spacial score (nSPS) is 10.2. The largest absolute Gasteiger partial charge is 0.492 e. The maximum atomic E-state index is 8.95. The molecule has 2 rings (SSSR count). The van der Waals surface area contributed by atoms with Crippen LogP contribution in [0.1, 0.15) is 50.7 Å². The van der Waals surface area contributed by atoms with Crippen molar-refractivity contribution in [1.82, 2.24) is 0 Å². The molecule has 156 valence electrons. The average molecular weight is 537 g/mol. The molecule has 0 aliphatic rings. The SMILES string of the molecule is CCCCOc1cc(CCl)ccc1Br.CCCCOc1cc(CO)ccc1Br.